The fourth-order valence-corrected chi connectivity index (χ4v) is 3.71. The van der Waals surface area contributed by atoms with Crippen LogP contribution >= 0.6 is 11.8 Å². The van der Waals surface area contributed by atoms with Gasteiger partial charge in [0.2, 0.25) is 0 Å². The molecule has 114 valence electrons. The number of nitrogens with zero attached hydrogens (tertiary/aromatic N) is 3. The van der Waals surface area contributed by atoms with Gasteiger partial charge in [-0.2, -0.15) is 5.10 Å². The van der Waals surface area contributed by atoms with E-state index in [1.54, 1.807) is 0 Å². The molecule has 4 heteroatoms. The second kappa shape index (κ2) is 6.79. The van der Waals surface area contributed by atoms with Gasteiger partial charge in [-0.15, -0.1) is 11.8 Å². The zero-order chi connectivity index (χ0) is 14.0. The molecule has 0 fully saturated rings. The first-order chi connectivity index (χ1) is 8.87. The molecule has 0 radical (unpaired) electrons. The van der Waals surface area contributed by atoms with Gasteiger partial charge in [-0.3, -0.25) is 9.67 Å². The molecule has 1 unspecified atom stereocenters. The van der Waals surface area contributed by atoms with Crippen LogP contribution in [-0.2, 0) is 13.5 Å². The van der Waals surface area contributed by atoms with Crippen LogP contribution in [0.15, 0.2) is 11.2 Å². The van der Waals surface area contributed by atoms with Crippen molar-refractivity contribution in [3.05, 3.63) is 17.5 Å². The van der Waals surface area contributed by atoms with Crippen molar-refractivity contribution in [1.82, 2.24) is 9.78 Å². The molecule has 1 aromatic rings. The summed E-state index contributed by atoms with van der Waals surface area (Å²) in [5, 5.41) is 5.65. The number of aromatic nitrogens is 2. The zero-order valence-corrected chi connectivity index (χ0v) is 13.5. The van der Waals surface area contributed by atoms with Gasteiger partial charge in [-0.25, -0.2) is 0 Å². The van der Waals surface area contributed by atoms with Crippen LogP contribution in [-0.4, -0.2) is 26.1 Å². The van der Waals surface area contributed by atoms with Crippen LogP contribution in [0.1, 0.15) is 65.1 Å². The third kappa shape index (κ3) is 4.37. The van der Waals surface area contributed by atoms with Crippen LogP contribution in [0, 0.1) is 0 Å². The van der Waals surface area contributed by atoms with E-state index in [2.05, 4.69) is 44.0 Å². The van der Waals surface area contributed by atoms with Gasteiger partial charge in [-0.05, 0) is 51.5 Å². The van der Waals surface area contributed by atoms with E-state index in [1.165, 1.54) is 35.6 Å². The summed E-state index contributed by atoms with van der Waals surface area (Å²) in [6, 6.07) is 0. The number of rotatable bonds is 0. The standard InChI is InChI=1S/C9H14N2.C6H11NS.CH4/c1-7-4-3-5-9-8(7)6-11(2)10-9;1-5-7-4-6(2,3)8-5;/h6-7H,3-5H2,1-2H3;4H2,1-3H3;1H4. The third-order valence-electron chi connectivity index (χ3n) is 3.63. The Morgan fingerprint density at radius 1 is 1.40 bits per heavy atom. The van der Waals surface area contributed by atoms with Crippen LogP contribution in [0.4, 0.5) is 0 Å². The van der Waals surface area contributed by atoms with Gasteiger partial charge in [-0.1, -0.05) is 14.4 Å². The number of hydrogen-bond donors (Lipinski definition) is 0. The van der Waals surface area contributed by atoms with Crippen LogP contribution < -0.4 is 0 Å². The van der Waals surface area contributed by atoms with Gasteiger partial charge in [0, 0.05) is 18.0 Å². The average molecular weight is 295 g/mol. The molecule has 2 heterocycles. The second-order valence-electron chi connectivity index (χ2n) is 6.20. The summed E-state index contributed by atoms with van der Waals surface area (Å²) in [6.45, 7) is 9.79. The summed E-state index contributed by atoms with van der Waals surface area (Å²) in [7, 11) is 2.00. The molecule has 0 aromatic carbocycles. The van der Waals surface area contributed by atoms with Crippen LogP contribution in [0.25, 0.3) is 0 Å². The van der Waals surface area contributed by atoms with E-state index in [0.717, 1.165) is 12.5 Å². The summed E-state index contributed by atoms with van der Waals surface area (Å²) in [5.74, 6) is 0.729. The van der Waals surface area contributed by atoms with Crippen molar-refractivity contribution in [3.63, 3.8) is 0 Å². The molecule has 1 aliphatic heterocycles. The Morgan fingerprint density at radius 2 is 2.10 bits per heavy atom. The minimum Gasteiger partial charge on any atom is -0.282 e. The lowest BCUT2D eigenvalue weighted by Crippen LogP contribution is -2.14. The molecule has 1 aromatic heterocycles. The van der Waals surface area contributed by atoms with E-state index in [0.29, 0.717) is 4.75 Å². The molecule has 20 heavy (non-hydrogen) atoms. The topological polar surface area (TPSA) is 30.2 Å². The van der Waals surface area contributed by atoms with E-state index in [4.69, 9.17) is 0 Å². The largest absolute Gasteiger partial charge is 0.282 e. The van der Waals surface area contributed by atoms with Gasteiger partial charge < -0.3 is 0 Å². The van der Waals surface area contributed by atoms with Crippen molar-refractivity contribution in [3.8, 4) is 0 Å². The molecule has 0 spiro atoms. The maximum absolute atomic E-state index is 4.42. The number of thioether (sulfide) groups is 1. The molecular weight excluding hydrogens is 266 g/mol. The molecule has 0 saturated carbocycles. The Kier molecular flexibility index (Phi) is 5.87. The second-order valence-corrected chi connectivity index (χ2v) is 8.10. The van der Waals surface area contributed by atoms with E-state index < -0.39 is 0 Å². The Bertz CT molecular complexity index is 474. The molecule has 2 aliphatic rings. The first-order valence-electron chi connectivity index (χ1n) is 7.10. The zero-order valence-electron chi connectivity index (χ0n) is 12.7. The average Bonchev–Trinajstić information content (AvgIpc) is 2.82. The van der Waals surface area contributed by atoms with E-state index >= 15 is 0 Å². The predicted octanol–water partition coefficient (Wildman–Crippen LogP) is 4.43. The fourth-order valence-electron chi connectivity index (χ4n) is 2.66. The van der Waals surface area contributed by atoms with E-state index in [1.807, 2.05) is 23.5 Å². The van der Waals surface area contributed by atoms with Gasteiger partial charge in [0.1, 0.15) is 0 Å². The number of aliphatic imine (C=N–C) groups is 1. The van der Waals surface area contributed by atoms with Crippen LogP contribution in [0.3, 0.4) is 0 Å². The maximum atomic E-state index is 4.42. The molecule has 1 atom stereocenters. The molecule has 1 aliphatic carbocycles. The SMILES string of the molecule is C.CC1=NCC(C)(C)S1.CC1CCCc2nn(C)cc21. The minimum atomic E-state index is 0. The molecule has 0 amide bonds. The smallest absolute Gasteiger partial charge is 0.0659 e. The lowest BCUT2D eigenvalue weighted by Gasteiger charge is -2.15. The normalized spacial score (nSPS) is 23.1. The minimum absolute atomic E-state index is 0. The molecule has 3 nitrogen and oxygen atoms in total. The van der Waals surface area contributed by atoms with Gasteiger partial charge in [0.25, 0.3) is 0 Å². The number of hydrogen-bond acceptors (Lipinski definition) is 3. The van der Waals surface area contributed by atoms with Gasteiger partial charge in [0.05, 0.1) is 17.3 Å². The van der Waals surface area contributed by atoms with Gasteiger partial charge >= 0.3 is 0 Å². The van der Waals surface area contributed by atoms with Crippen molar-refractivity contribution in [1.29, 1.82) is 0 Å². The Morgan fingerprint density at radius 3 is 2.55 bits per heavy atom. The highest BCUT2D eigenvalue weighted by molar-refractivity contribution is 8.15. The molecule has 0 bridgehead atoms. The lowest BCUT2D eigenvalue weighted by molar-refractivity contribution is 0.584. The monoisotopic (exact) mass is 295 g/mol. The molecule has 0 N–H and O–H groups in total. The van der Waals surface area contributed by atoms with Gasteiger partial charge in [0.15, 0.2) is 0 Å². The predicted molar refractivity (Wildman–Crippen MR) is 90.9 cm³/mol. The molecule has 0 saturated heterocycles. The number of aryl methyl sites for hydroxylation is 2. The summed E-state index contributed by atoms with van der Waals surface area (Å²) >= 11 is 1.87. The summed E-state index contributed by atoms with van der Waals surface area (Å²) in [4.78, 5) is 4.27. The summed E-state index contributed by atoms with van der Waals surface area (Å²) in [5.41, 5.74) is 2.80. The first-order valence-corrected chi connectivity index (χ1v) is 7.91. The highest BCUT2D eigenvalue weighted by Crippen LogP contribution is 2.31. The molecule has 3 rings (SSSR count). The number of fused-ring (bicyclic) bond motifs is 1. The maximum Gasteiger partial charge on any atom is 0.0659 e. The van der Waals surface area contributed by atoms with Crippen molar-refractivity contribution in [2.24, 2.45) is 12.0 Å². The first kappa shape index (κ1) is 17.3. The quantitative estimate of drug-likeness (QED) is 0.709. The highest BCUT2D eigenvalue weighted by Gasteiger charge is 2.24. The lowest BCUT2D eigenvalue weighted by atomic mass is 9.89. The Balaban J connectivity index is 0.000000200. The summed E-state index contributed by atoms with van der Waals surface area (Å²) in [6.07, 6.45) is 5.99. The van der Waals surface area contributed by atoms with E-state index in [-0.39, 0.29) is 7.43 Å². The van der Waals surface area contributed by atoms with Crippen molar-refractivity contribution >= 4 is 16.8 Å². The van der Waals surface area contributed by atoms with Crippen molar-refractivity contribution < 1.29 is 0 Å². The Hall–Kier alpha value is -0.770. The third-order valence-corrected chi connectivity index (χ3v) is 4.73. The van der Waals surface area contributed by atoms with Crippen LogP contribution in [0.5, 0.6) is 0 Å². The summed E-state index contributed by atoms with van der Waals surface area (Å²) < 4.78 is 2.32. The van der Waals surface area contributed by atoms with E-state index in [9.17, 15) is 0 Å². The highest BCUT2D eigenvalue weighted by atomic mass is 32.2. The van der Waals surface area contributed by atoms with Crippen molar-refractivity contribution in [2.45, 2.75) is 65.0 Å². The fraction of sp³-hybridized carbons (Fsp3) is 0.750. The Labute approximate surface area is 128 Å². The van der Waals surface area contributed by atoms with Crippen LogP contribution in [0.2, 0.25) is 0 Å². The molecular formula is C16H29N3S. The van der Waals surface area contributed by atoms with Crippen molar-refractivity contribution in [2.75, 3.05) is 6.54 Å².